The van der Waals surface area contributed by atoms with Crippen molar-refractivity contribution in [2.24, 2.45) is 7.05 Å². The molecule has 0 saturated carbocycles. The van der Waals surface area contributed by atoms with Gasteiger partial charge in [0.25, 0.3) is 5.91 Å². The molecule has 2 rings (SSSR count). The Balaban J connectivity index is 1.83. The fourth-order valence-corrected chi connectivity index (χ4v) is 2.07. The Morgan fingerprint density at radius 2 is 2.35 bits per heavy atom. The van der Waals surface area contributed by atoms with E-state index in [1.807, 2.05) is 31.2 Å². The first-order valence-corrected chi connectivity index (χ1v) is 7.03. The number of benzene rings is 1. The largest absolute Gasteiger partial charge is 0.489 e. The van der Waals surface area contributed by atoms with E-state index in [4.69, 9.17) is 4.74 Å². The summed E-state index contributed by atoms with van der Waals surface area (Å²) in [5.74, 6) is 0.616. The van der Waals surface area contributed by atoms with E-state index in [1.165, 1.54) is 6.20 Å². The Hall–Kier alpha value is -1.82. The van der Waals surface area contributed by atoms with E-state index in [9.17, 15) is 4.79 Å². The molecule has 1 amide bonds. The average molecular weight is 338 g/mol. The van der Waals surface area contributed by atoms with Crippen molar-refractivity contribution >= 4 is 21.8 Å². The fourth-order valence-electron chi connectivity index (χ4n) is 1.69. The van der Waals surface area contributed by atoms with Gasteiger partial charge in [-0.15, -0.1) is 0 Å². The lowest BCUT2D eigenvalue weighted by Crippen LogP contribution is -2.33. The van der Waals surface area contributed by atoms with Crippen molar-refractivity contribution < 1.29 is 9.53 Å². The molecule has 1 aromatic carbocycles. The highest BCUT2D eigenvalue weighted by Crippen LogP contribution is 2.18. The van der Waals surface area contributed by atoms with Crippen LogP contribution in [0, 0.1) is 0 Å². The van der Waals surface area contributed by atoms with Gasteiger partial charge in [0, 0.05) is 17.7 Å². The Morgan fingerprint density at radius 3 is 3.00 bits per heavy atom. The normalized spacial score (nSPS) is 11.9. The first-order valence-electron chi connectivity index (χ1n) is 6.23. The third-order valence-corrected chi connectivity index (χ3v) is 3.14. The van der Waals surface area contributed by atoms with Gasteiger partial charge in [-0.3, -0.25) is 9.48 Å². The van der Waals surface area contributed by atoms with E-state index >= 15 is 0 Å². The summed E-state index contributed by atoms with van der Waals surface area (Å²) in [6, 6.07) is 7.60. The molecule has 0 aliphatic rings. The molecular formula is C14H16BrN3O2. The number of carbonyl (C=O) groups excluding carboxylic acids is 1. The molecule has 1 atom stereocenters. The van der Waals surface area contributed by atoms with Crippen LogP contribution >= 0.6 is 15.9 Å². The molecule has 0 aliphatic carbocycles. The van der Waals surface area contributed by atoms with Gasteiger partial charge in [0.05, 0.1) is 18.3 Å². The number of hydrogen-bond acceptors (Lipinski definition) is 3. The number of carbonyl (C=O) groups is 1. The molecule has 0 unspecified atom stereocenters. The first kappa shape index (κ1) is 14.6. The van der Waals surface area contributed by atoms with Crippen LogP contribution in [0.4, 0.5) is 0 Å². The van der Waals surface area contributed by atoms with E-state index in [0.717, 1.165) is 10.2 Å². The Morgan fingerprint density at radius 1 is 1.55 bits per heavy atom. The zero-order valence-electron chi connectivity index (χ0n) is 11.3. The topological polar surface area (TPSA) is 56.2 Å². The van der Waals surface area contributed by atoms with Gasteiger partial charge in [0.15, 0.2) is 0 Å². The van der Waals surface area contributed by atoms with Crippen LogP contribution in [0.5, 0.6) is 5.75 Å². The molecule has 5 nitrogen and oxygen atoms in total. The van der Waals surface area contributed by atoms with Crippen molar-refractivity contribution in [3.8, 4) is 5.75 Å². The Kier molecular flexibility index (Phi) is 4.79. The van der Waals surface area contributed by atoms with Gasteiger partial charge in [0.2, 0.25) is 0 Å². The van der Waals surface area contributed by atoms with Gasteiger partial charge < -0.3 is 10.1 Å². The summed E-state index contributed by atoms with van der Waals surface area (Å²) in [5, 5.41) is 6.78. The van der Waals surface area contributed by atoms with E-state index in [0.29, 0.717) is 12.1 Å². The number of aryl methyl sites for hydroxylation is 1. The third-order valence-electron chi connectivity index (χ3n) is 2.65. The summed E-state index contributed by atoms with van der Waals surface area (Å²) in [7, 11) is 1.77. The fraction of sp³-hybridized carbons (Fsp3) is 0.286. The molecule has 0 fully saturated rings. The molecule has 1 aromatic heterocycles. The van der Waals surface area contributed by atoms with Gasteiger partial charge in [-0.05, 0) is 25.1 Å². The van der Waals surface area contributed by atoms with Crippen LogP contribution < -0.4 is 10.1 Å². The summed E-state index contributed by atoms with van der Waals surface area (Å²) in [5.41, 5.74) is 0.544. The monoisotopic (exact) mass is 337 g/mol. The molecule has 1 N–H and O–H groups in total. The van der Waals surface area contributed by atoms with Gasteiger partial charge in [-0.1, -0.05) is 22.0 Å². The SMILES string of the molecule is C[C@H](CNC(=O)c1cnn(C)c1)Oc1cccc(Br)c1. The maximum Gasteiger partial charge on any atom is 0.254 e. The van der Waals surface area contributed by atoms with Gasteiger partial charge in [0.1, 0.15) is 11.9 Å². The minimum Gasteiger partial charge on any atom is -0.489 e. The van der Waals surface area contributed by atoms with Crippen molar-refractivity contribution in [3.05, 3.63) is 46.7 Å². The van der Waals surface area contributed by atoms with Crippen LogP contribution in [0.25, 0.3) is 0 Å². The zero-order chi connectivity index (χ0) is 14.5. The molecule has 20 heavy (non-hydrogen) atoms. The highest BCUT2D eigenvalue weighted by Gasteiger charge is 2.10. The zero-order valence-corrected chi connectivity index (χ0v) is 12.9. The molecule has 0 aliphatic heterocycles. The lowest BCUT2D eigenvalue weighted by Gasteiger charge is -2.15. The summed E-state index contributed by atoms with van der Waals surface area (Å²) < 4.78 is 8.27. The maximum atomic E-state index is 11.8. The number of nitrogens with zero attached hydrogens (tertiary/aromatic N) is 2. The summed E-state index contributed by atoms with van der Waals surface area (Å²) in [4.78, 5) is 11.8. The van der Waals surface area contributed by atoms with E-state index < -0.39 is 0 Å². The molecule has 6 heteroatoms. The number of hydrogen-bond donors (Lipinski definition) is 1. The minimum atomic E-state index is -0.150. The number of rotatable bonds is 5. The molecule has 0 spiro atoms. The van der Waals surface area contributed by atoms with Gasteiger partial charge >= 0.3 is 0 Å². The van der Waals surface area contributed by atoms with Crippen molar-refractivity contribution in [2.75, 3.05) is 6.54 Å². The molecule has 0 bridgehead atoms. The smallest absolute Gasteiger partial charge is 0.254 e. The Labute approximate surface area is 126 Å². The van der Waals surface area contributed by atoms with E-state index in [-0.39, 0.29) is 12.0 Å². The second-order valence-electron chi connectivity index (χ2n) is 4.50. The van der Waals surface area contributed by atoms with Crippen LogP contribution in [0.2, 0.25) is 0 Å². The standard InChI is InChI=1S/C14H16BrN3O2/c1-10(20-13-5-3-4-12(15)6-13)7-16-14(19)11-8-17-18(2)9-11/h3-6,8-10H,7H2,1-2H3,(H,16,19)/t10-/m1/s1. The second kappa shape index (κ2) is 6.56. The third kappa shape index (κ3) is 4.09. The van der Waals surface area contributed by atoms with Crippen LogP contribution in [0.1, 0.15) is 17.3 Å². The van der Waals surface area contributed by atoms with Crippen molar-refractivity contribution in [3.63, 3.8) is 0 Å². The minimum absolute atomic E-state index is 0.120. The summed E-state index contributed by atoms with van der Waals surface area (Å²) >= 11 is 3.39. The number of nitrogens with one attached hydrogen (secondary N) is 1. The number of aromatic nitrogens is 2. The Bertz CT molecular complexity index is 598. The molecule has 106 valence electrons. The average Bonchev–Trinajstić information content (AvgIpc) is 2.83. The van der Waals surface area contributed by atoms with Crippen LogP contribution in [-0.2, 0) is 7.05 Å². The lowest BCUT2D eigenvalue weighted by molar-refractivity contribution is 0.0932. The van der Waals surface area contributed by atoms with Crippen LogP contribution in [0.15, 0.2) is 41.1 Å². The number of amides is 1. The predicted octanol–water partition coefficient (Wildman–Crippen LogP) is 2.38. The molecule has 0 saturated heterocycles. The quantitative estimate of drug-likeness (QED) is 0.911. The van der Waals surface area contributed by atoms with Crippen molar-refractivity contribution in [1.29, 1.82) is 0 Å². The maximum absolute atomic E-state index is 11.8. The van der Waals surface area contributed by atoms with E-state index in [2.05, 4.69) is 26.3 Å². The summed E-state index contributed by atoms with van der Waals surface area (Å²) in [6.07, 6.45) is 3.09. The molecule has 0 radical (unpaired) electrons. The van der Waals surface area contributed by atoms with Crippen LogP contribution in [-0.4, -0.2) is 28.3 Å². The second-order valence-corrected chi connectivity index (χ2v) is 5.41. The van der Waals surface area contributed by atoms with Crippen LogP contribution in [0.3, 0.4) is 0 Å². The predicted molar refractivity (Wildman–Crippen MR) is 79.8 cm³/mol. The lowest BCUT2D eigenvalue weighted by atomic mass is 10.3. The van der Waals surface area contributed by atoms with Gasteiger partial charge in [-0.2, -0.15) is 5.10 Å². The highest BCUT2D eigenvalue weighted by molar-refractivity contribution is 9.10. The van der Waals surface area contributed by atoms with Crippen molar-refractivity contribution in [2.45, 2.75) is 13.0 Å². The summed E-state index contributed by atoms with van der Waals surface area (Å²) in [6.45, 7) is 2.34. The molecular weight excluding hydrogens is 322 g/mol. The van der Waals surface area contributed by atoms with E-state index in [1.54, 1.807) is 17.9 Å². The number of ether oxygens (including phenoxy) is 1. The van der Waals surface area contributed by atoms with Crippen molar-refractivity contribution in [1.82, 2.24) is 15.1 Å². The first-order chi connectivity index (χ1) is 9.54. The molecule has 1 heterocycles. The molecule has 2 aromatic rings. The highest BCUT2D eigenvalue weighted by atomic mass is 79.9. The number of halogens is 1. The van der Waals surface area contributed by atoms with Gasteiger partial charge in [-0.25, -0.2) is 0 Å².